The number of aliphatic imine (C=N–C) groups is 1. The summed E-state index contributed by atoms with van der Waals surface area (Å²) in [6.07, 6.45) is 0.904. The molecule has 1 atom stereocenters. The maximum atomic E-state index is 12.3. The Morgan fingerprint density at radius 2 is 1.83 bits per heavy atom. The van der Waals surface area contributed by atoms with Gasteiger partial charge in [0, 0.05) is 24.7 Å². The maximum Gasteiger partial charge on any atom is 0.251 e. The van der Waals surface area contributed by atoms with Gasteiger partial charge in [0.25, 0.3) is 5.91 Å². The number of amides is 1. The number of benzene rings is 2. The van der Waals surface area contributed by atoms with Crippen LogP contribution in [0.2, 0.25) is 0 Å². The molecule has 0 heterocycles. The van der Waals surface area contributed by atoms with Gasteiger partial charge in [-0.1, -0.05) is 31.2 Å². The zero-order valence-corrected chi connectivity index (χ0v) is 17.8. The van der Waals surface area contributed by atoms with Gasteiger partial charge in [-0.05, 0) is 55.7 Å². The van der Waals surface area contributed by atoms with Crippen LogP contribution in [0, 0.1) is 0 Å². The van der Waals surface area contributed by atoms with Gasteiger partial charge in [-0.15, -0.1) is 0 Å². The second-order valence-electron chi connectivity index (χ2n) is 6.88. The fourth-order valence-electron chi connectivity index (χ4n) is 2.66. The van der Waals surface area contributed by atoms with Crippen molar-refractivity contribution in [2.24, 2.45) is 4.99 Å². The standard InChI is InChI=1S/C23H32N4O2/c1-5-17(3)27-22(28)20-9-7-8-19(14-20)16-26-23(24-6-2)25-15-18-10-12-21(29-4)13-11-18/h7-14,17H,5-6,15-16H2,1-4H3,(H,27,28)(H2,24,25,26). The lowest BCUT2D eigenvalue weighted by molar-refractivity contribution is 0.0939. The highest BCUT2D eigenvalue weighted by Crippen LogP contribution is 2.11. The first-order valence-electron chi connectivity index (χ1n) is 10.1. The van der Waals surface area contributed by atoms with Crippen LogP contribution < -0.4 is 20.7 Å². The van der Waals surface area contributed by atoms with Crippen molar-refractivity contribution in [3.8, 4) is 5.75 Å². The average molecular weight is 397 g/mol. The van der Waals surface area contributed by atoms with E-state index in [-0.39, 0.29) is 11.9 Å². The van der Waals surface area contributed by atoms with Crippen molar-refractivity contribution in [3.05, 3.63) is 65.2 Å². The molecule has 1 unspecified atom stereocenters. The molecule has 0 aliphatic carbocycles. The quantitative estimate of drug-likeness (QED) is 0.448. The van der Waals surface area contributed by atoms with Crippen LogP contribution in [-0.4, -0.2) is 31.6 Å². The van der Waals surface area contributed by atoms with Gasteiger partial charge in [0.1, 0.15) is 5.75 Å². The lowest BCUT2D eigenvalue weighted by atomic mass is 10.1. The Morgan fingerprint density at radius 3 is 2.48 bits per heavy atom. The molecule has 29 heavy (non-hydrogen) atoms. The summed E-state index contributed by atoms with van der Waals surface area (Å²) < 4.78 is 5.19. The number of hydrogen-bond acceptors (Lipinski definition) is 3. The molecule has 0 saturated heterocycles. The number of nitrogens with zero attached hydrogens (tertiary/aromatic N) is 1. The monoisotopic (exact) mass is 396 g/mol. The highest BCUT2D eigenvalue weighted by molar-refractivity contribution is 5.94. The molecular formula is C23H32N4O2. The van der Waals surface area contributed by atoms with Crippen molar-refractivity contribution in [3.63, 3.8) is 0 Å². The van der Waals surface area contributed by atoms with Gasteiger partial charge in [0.2, 0.25) is 0 Å². The predicted molar refractivity (Wildman–Crippen MR) is 118 cm³/mol. The number of guanidine groups is 1. The Kier molecular flexibility index (Phi) is 9.02. The summed E-state index contributed by atoms with van der Waals surface area (Å²) in [4.78, 5) is 17.0. The molecule has 0 fully saturated rings. The van der Waals surface area contributed by atoms with Crippen molar-refractivity contribution in [2.75, 3.05) is 13.7 Å². The van der Waals surface area contributed by atoms with Crippen LogP contribution >= 0.6 is 0 Å². The zero-order chi connectivity index (χ0) is 21.1. The molecule has 2 aromatic carbocycles. The van der Waals surface area contributed by atoms with Crippen LogP contribution in [0.5, 0.6) is 5.75 Å². The van der Waals surface area contributed by atoms with E-state index in [0.29, 0.717) is 18.7 Å². The van der Waals surface area contributed by atoms with Crippen molar-refractivity contribution in [2.45, 2.75) is 46.3 Å². The van der Waals surface area contributed by atoms with Crippen LogP contribution in [0.1, 0.15) is 48.7 Å². The first-order valence-corrected chi connectivity index (χ1v) is 10.1. The van der Waals surface area contributed by atoms with Crippen molar-refractivity contribution in [1.29, 1.82) is 0 Å². The minimum atomic E-state index is -0.0466. The van der Waals surface area contributed by atoms with Crippen LogP contribution in [0.25, 0.3) is 0 Å². The molecule has 0 spiro atoms. The number of methoxy groups -OCH3 is 1. The molecule has 156 valence electrons. The van der Waals surface area contributed by atoms with E-state index in [1.54, 1.807) is 7.11 Å². The minimum Gasteiger partial charge on any atom is -0.497 e. The molecule has 6 nitrogen and oxygen atoms in total. The molecule has 1 amide bonds. The smallest absolute Gasteiger partial charge is 0.251 e. The van der Waals surface area contributed by atoms with E-state index in [0.717, 1.165) is 35.8 Å². The summed E-state index contributed by atoms with van der Waals surface area (Å²) in [6, 6.07) is 15.7. The molecule has 0 aliphatic rings. The highest BCUT2D eigenvalue weighted by Gasteiger charge is 2.09. The van der Waals surface area contributed by atoms with Gasteiger partial charge in [-0.25, -0.2) is 4.99 Å². The van der Waals surface area contributed by atoms with Gasteiger partial charge in [-0.3, -0.25) is 4.79 Å². The fourth-order valence-corrected chi connectivity index (χ4v) is 2.66. The minimum absolute atomic E-state index is 0.0466. The van der Waals surface area contributed by atoms with E-state index in [1.807, 2.05) is 62.4 Å². The number of ether oxygens (including phenoxy) is 1. The molecule has 2 rings (SSSR count). The van der Waals surface area contributed by atoms with Gasteiger partial charge in [-0.2, -0.15) is 0 Å². The van der Waals surface area contributed by atoms with E-state index in [1.165, 1.54) is 0 Å². The topological polar surface area (TPSA) is 74.8 Å². The fraction of sp³-hybridized carbons (Fsp3) is 0.391. The molecule has 0 aliphatic heterocycles. The summed E-state index contributed by atoms with van der Waals surface area (Å²) in [5, 5.41) is 9.58. The van der Waals surface area contributed by atoms with Gasteiger partial charge in [0.15, 0.2) is 5.96 Å². The normalized spacial score (nSPS) is 12.2. The van der Waals surface area contributed by atoms with E-state index in [9.17, 15) is 4.79 Å². The summed E-state index contributed by atoms with van der Waals surface area (Å²) in [5.74, 6) is 1.53. The SMILES string of the molecule is CCNC(=NCc1cccc(C(=O)NC(C)CC)c1)NCc1ccc(OC)cc1. The second-order valence-corrected chi connectivity index (χ2v) is 6.88. The average Bonchev–Trinajstić information content (AvgIpc) is 2.76. The summed E-state index contributed by atoms with van der Waals surface area (Å²) in [7, 11) is 1.66. The Labute approximate surface area is 173 Å². The Balaban J connectivity index is 1.99. The number of nitrogens with one attached hydrogen (secondary N) is 3. The molecule has 2 aromatic rings. The lowest BCUT2D eigenvalue weighted by Gasteiger charge is -2.13. The molecule has 3 N–H and O–H groups in total. The molecule has 0 radical (unpaired) electrons. The molecule has 0 bridgehead atoms. The van der Waals surface area contributed by atoms with Crippen LogP contribution in [0.15, 0.2) is 53.5 Å². The third-order valence-electron chi connectivity index (χ3n) is 4.56. The zero-order valence-electron chi connectivity index (χ0n) is 17.8. The first kappa shape index (κ1) is 22.3. The third-order valence-corrected chi connectivity index (χ3v) is 4.56. The van der Waals surface area contributed by atoms with Gasteiger partial charge in [0.05, 0.1) is 13.7 Å². The van der Waals surface area contributed by atoms with Gasteiger partial charge >= 0.3 is 0 Å². The van der Waals surface area contributed by atoms with E-state index >= 15 is 0 Å². The number of hydrogen-bond donors (Lipinski definition) is 3. The molecular weight excluding hydrogens is 364 g/mol. The maximum absolute atomic E-state index is 12.3. The van der Waals surface area contributed by atoms with Crippen LogP contribution in [-0.2, 0) is 13.1 Å². The Bertz CT molecular complexity index is 803. The van der Waals surface area contributed by atoms with Crippen molar-refractivity contribution < 1.29 is 9.53 Å². The second kappa shape index (κ2) is 11.7. The summed E-state index contributed by atoms with van der Waals surface area (Å²) in [5.41, 5.74) is 2.79. The number of carbonyl (C=O) groups excluding carboxylic acids is 1. The molecule has 0 saturated carbocycles. The Hall–Kier alpha value is -3.02. The molecule has 6 heteroatoms. The van der Waals surface area contributed by atoms with Gasteiger partial charge < -0.3 is 20.7 Å². The van der Waals surface area contributed by atoms with Crippen molar-refractivity contribution in [1.82, 2.24) is 16.0 Å². The third kappa shape index (κ3) is 7.49. The summed E-state index contributed by atoms with van der Waals surface area (Å²) >= 11 is 0. The Morgan fingerprint density at radius 1 is 1.07 bits per heavy atom. The lowest BCUT2D eigenvalue weighted by Crippen LogP contribution is -2.36. The van der Waals surface area contributed by atoms with Crippen molar-refractivity contribution >= 4 is 11.9 Å². The van der Waals surface area contributed by atoms with E-state index in [4.69, 9.17) is 4.74 Å². The van der Waals surface area contributed by atoms with E-state index in [2.05, 4.69) is 27.9 Å². The van der Waals surface area contributed by atoms with Crippen LogP contribution in [0.4, 0.5) is 0 Å². The first-order chi connectivity index (χ1) is 14.0. The summed E-state index contributed by atoms with van der Waals surface area (Å²) in [6.45, 7) is 8.01. The number of carbonyl (C=O) groups is 1. The van der Waals surface area contributed by atoms with E-state index < -0.39 is 0 Å². The molecule has 0 aromatic heterocycles. The largest absolute Gasteiger partial charge is 0.497 e. The highest BCUT2D eigenvalue weighted by atomic mass is 16.5. The predicted octanol–water partition coefficient (Wildman–Crippen LogP) is 3.48. The number of rotatable bonds is 9. The van der Waals surface area contributed by atoms with Crippen LogP contribution in [0.3, 0.4) is 0 Å².